The standard InChI is InChI=1S/C14H25N3O/c15-14(17-9-13-2-1-5-18-13)16-8-12-7-10-3-4-11(12)6-10/h10-13H,1-9H2,(H3,15,16,17). The normalized spacial score (nSPS) is 39.4. The molecule has 2 aliphatic carbocycles. The van der Waals surface area contributed by atoms with Gasteiger partial charge in [0.15, 0.2) is 5.96 Å². The SMILES string of the molecule is NC(=NCC1CC2CCC1C2)NCC1CCCO1. The summed E-state index contributed by atoms with van der Waals surface area (Å²) >= 11 is 0. The van der Waals surface area contributed by atoms with E-state index in [4.69, 9.17) is 10.5 Å². The number of ether oxygens (including phenoxy) is 1. The molecule has 0 spiro atoms. The van der Waals surface area contributed by atoms with Gasteiger partial charge in [-0.1, -0.05) is 6.42 Å². The monoisotopic (exact) mass is 251 g/mol. The van der Waals surface area contributed by atoms with Gasteiger partial charge in [0.25, 0.3) is 0 Å². The van der Waals surface area contributed by atoms with Crippen LogP contribution in [-0.2, 0) is 4.74 Å². The molecule has 0 radical (unpaired) electrons. The van der Waals surface area contributed by atoms with Crippen LogP contribution in [0.1, 0.15) is 38.5 Å². The summed E-state index contributed by atoms with van der Waals surface area (Å²) < 4.78 is 5.55. The summed E-state index contributed by atoms with van der Waals surface area (Å²) in [6.45, 7) is 2.63. The van der Waals surface area contributed by atoms with Crippen molar-refractivity contribution in [3.8, 4) is 0 Å². The molecular formula is C14H25N3O. The van der Waals surface area contributed by atoms with E-state index in [1.807, 2.05) is 0 Å². The number of aliphatic imine (C=N–C) groups is 1. The smallest absolute Gasteiger partial charge is 0.188 e. The first kappa shape index (κ1) is 12.3. The Balaban J connectivity index is 1.39. The van der Waals surface area contributed by atoms with Crippen molar-refractivity contribution in [1.29, 1.82) is 0 Å². The van der Waals surface area contributed by atoms with E-state index in [0.29, 0.717) is 12.1 Å². The van der Waals surface area contributed by atoms with Crippen LogP contribution in [0.2, 0.25) is 0 Å². The highest BCUT2D eigenvalue weighted by molar-refractivity contribution is 5.77. The molecule has 4 unspecified atom stereocenters. The van der Waals surface area contributed by atoms with Gasteiger partial charge in [0.05, 0.1) is 6.10 Å². The van der Waals surface area contributed by atoms with Gasteiger partial charge in [-0.25, -0.2) is 0 Å². The Kier molecular flexibility index (Phi) is 3.73. The van der Waals surface area contributed by atoms with Crippen molar-refractivity contribution < 1.29 is 4.74 Å². The average Bonchev–Trinajstić information content (AvgIpc) is 3.09. The van der Waals surface area contributed by atoms with Crippen LogP contribution in [0.4, 0.5) is 0 Å². The highest BCUT2D eigenvalue weighted by Crippen LogP contribution is 2.48. The molecule has 3 fully saturated rings. The van der Waals surface area contributed by atoms with E-state index in [0.717, 1.165) is 43.9 Å². The molecule has 1 aliphatic heterocycles. The second kappa shape index (κ2) is 5.47. The summed E-state index contributed by atoms with van der Waals surface area (Å²) in [5.41, 5.74) is 5.91. The zero-order chi connectivity index (χ0) is 12.4. The minimum atomic E-state index is 0.334. The molecule has 4 atom stereocenters. The molecule has 4 heteroatoms. The van der Waals surface area contributed by atoms with E-state index in [1.165, 1.54) is 32.1 Å². The number of hydrogen-bond donors (Lipinski definition) is 2. The van der Waals surface area contributed by atoms with Crippen LogP contribution in [-0.4, -0.2) is 31.8 Å². The van der Waals surface area contributed by atoms with Crippen molar-refractivity contribution in [3.05, 3.63) is 0 Å². The predicted octanol–water partition coefficient (Wildman–Crippen LogP) is 1.51. The zero-order valence-electron chi connectivity index (χ0n) is 11.1. The van der Waals surface area contributed by atoms with Crippen LogP contribution in [0.5, 0.6) is 0 Å². The lowest BCUT2D eigenvalue weighted by molar-refractivity contribution is 0.114. The van der Waals surface area contributed by atoms with Gasteiger partial charge >= 0.3 is 0 Å². The van der Waals surface area contributed by atoms with Crippen molar-refractivity contribution in [2.75, 3.05) is 19.7 Å². The maximum Gasteiger partial charge on any atom is 0.188 e. The Morgan fingerprint density at radius 2 is 2.22 bits per heavy atom. The lowest BCUT2D eigenvalue weighted by Gasteiger charge is -2.19. The molecule has 0 amide bonds. The summed E-state index contributed by atoms with van der Waals surface area (Å²) in [6.07, 6.45) is 8.37. The highest BCUT2D eigenvalue weighted by atomic mass is 16.5. The fourth-order valence-corrected chi connectivity index (χ4v) is 3.90. The van der Waals surface area contributed by atoms with Crippen LogP contribution in [0.15, 0.2) is 4.99 Å². The summed E-state index contributed by atoms with van der Waals surface area (Å²) in [5.74, 6) is 3.33. The van der Waals surface area contributed by atoms with Crippen LogP contribution < -0.4 is 11.1 Å². The maximum absolute atomic E-state index is 5.91. The second-order valence-electron chi connectivity index (χ2n) is 6.18. The molecule has 2 bridgehead atoms. The Hall–Kier alpha value is -0.770. The van der Waals surface area contributed by atoms with Crippen molar-refractivity contribution >= 4 is 5.96 Å². The number of nitrogens with one attached hydrogen (secondary N) is 1. The summed E-state index contributed by atoms with van der Waals surface area (Å²) in [6, 6.07) is 0. The van der Waals surface area contributed by atoms with Crippen LogP contribution >= 0.6 is 0 Å². The van der Waals surface area contributed by atoms with Crippen molar-refractivity contribution in [1.82, 2.24) is 5.32 Å². The average molecular weight is 251 g/mol. The first-order valence-electron chi connectivity index (χ1n) is 7.46. The van der Waals surface area contributed by atoms with Crippen molar-refractivity contribution in [2.45, 2.75) is 44.6 Å². The number of guanidine groups is 1. The molecule has 3 aliphatic rings. The fraction of sp³-hybridized carbons (Fsp3) is 0.929. The van der Waals surface area contributed by atoms with E-state index >= 15 is 0 Å². The lowest BCUT2D eigenvalue weighted by atomic mass is 9.89. The van der Waals surface area contributed by atoms with E-state index in [2.05, 4.69) is 10.3 Å². The number of nitrogens with two attached hydrogens (primary N) is 1. The Morgan fingerprint density at radius 3 is 2.89 bits per heavy atom. The van der Waals surface area contributed by atoms with E-state index in [9.17, 15) is 0 Å². The first-order valence-corrected chi connectivity index (χ1v) is 7.46. The molecule has 1 heterocycles. The molecule has 102 valence electrons. The molecule has 0 aromatic carbocycles. The zero-order valence-corrected chi connectivity index (χ0v) is 11.1. The highest BCUT2D eigenvalue weighted by Gasteiger charge is 2.39. The molecule has 18 heavy (non-hydrogen) atoms. The minimum absolute atomic E-state index is 0.334. The Labute approximate surface area is 109 Å². The quantitative estimate of drug-likeness (QED) is 0.588. The van der Waals surface area contributed by atoms with Gasteiger partial charge < -0.3 is 15.8 Å². The van der Waals surface area contributed by atoms with E-state index in [-0.39, 0.29) is 0 Å². The molecule has 0 aromatic rings. The summed E-state index contributed by atoms with van der Waals surface area (Å²) in [7, 11) is 0. The van der Waals surface area contributed by atoms with Gasteiger partial charge in [0.2, 0.25) is 0 Å². The Bertz CT molecular complexity index is 312. The van der Waals surface area contributed by atoms with Crippen LogP contribution in [0.25, 0.3) is 0 Å². The topological polar surface area (TPSA) is 59.6 Å². The molecule has 1 saturated heterocycles. The number of fused-ring (bicyclic) bond motifs is 2. The molecule has 2 saturated carbocycles. The molecular weight excluding hydrogens is 226 g/mol. The van der Waals surface area contributed by atoms with Gasteiger partial charge in [0, 0.05) is 19.7 Å². The summed E-state index contributed by atoms with van der Waals surface area (Å²) in [5, 5.41) is 3.20. The Morgan fingerprint density at radius 1 is 1.28 bits per heavy atom. The molecule has 3 N–H and O–H groups in total. The number of hydrogen-bond acceptors (Lipinski definition) is 2. The third-order valence-electron chi connectivity index (χ3n) is 4.92. The van der Waals surface area contributed by atoms with E-state index in [1.54, 1.807) is 0 Å². The van der Waals surface area contributed by atoms with Gasteiger partial charge in [0.1, 0.15) is 0 Å². The largest absolute Gasteiger partial charge is 0.376 e. The minimum Gasteiger partial charge on any atom is -0.376 e. The lowest BCUT2D eigenvalue weighted by Crippen LogP contribution is -2.37. The summed E-state index contributed by atoms with van der Waals surface area (Å²) in [4.78, 5) is 4.51. The second-order valence-corrected chi connectivity index (χ2v) is 6.18. The van der Waals surface area contributed by atoms with Gasteiger partial charge in [-0.2, -0.15) is 0 Å². The van der Waals surface area contributed by atoms with Crippen LogP contribution in [0.3, 0.4) is 0 Å². The van der Waals surface area contributed by atoms with Gasteiger partial charge in [-0.15, -0.1) is 0 Å². The number of rotatable bonds is 4. The van der Waals surface area contributed by atoms with Crippen molar-refractivity contribution in [3.63, 3.8) is 0 Å². The third kappa shape index (κ3) is 2.79. The number of nitrogens with zero attached hydrogens (tertiary/aromatic N) is 1. The molecule has 0 aromatic heterocycles. The van der Waals surface area contributed by atoms with Gasteiger partial charge in [-0.3, -0.25) is 4.99 Å². The maximum atomic E-state index is 5.91. The first-order chi connectivity index (χ1) is 8.81. The van der Waals surface area contributed by atoms with Crippen LogP contribution in [0, 0.1) is 17.8 Å². The van der Waals surface area contributed by atoms with Crippen molar-refractivity contribution in [2.24, 2.45) is 28.5 Å². The van der Waals surface area contributed by atoms with E-state index < -0.39 is 0 Å². The molecule has 4 nitrogen and oxygen atoms in total. The molecule has 3 rings (SSSR count). The predicted molar refractivity (Wildman–Crippen MR) is 72.4 cm³/mol. The van der Waals surface area contributed by atoms with Gasteiger partial charge in [-0.05, 0) is 49.9 Å². The third-order valence-corrected chi connectivity index (χ3v) is 4.92. The fourth-order valence-electron chi connectivity index (χ4n) is 3.90.